The Morgan fingerprint density at radius 2 is 1.79 bits per heavy atom. The van der Waals surface area contributed by atoms with Gasteiger partial charge in [0.15, 0.2) is 0 Å². The van der Waals surface area contributed by atoms with Crippen LogP contribution < -0.4 is 16.0 Å². The Morgan fingerprint density at radius 1 is 1.10 bits per heavy atom. The molecule has 9 heteroatoms. The van der Waals surface area contributed by atoms with Crippen molar-refractivity contribution in [2.75, 3.05) is 6.61 Å². The maximum atomic E-state index is 12.8. The second-order valence-electron chi connectivity index (χ2n) is 11.4. The standard InChI is InChI=1S/C30H30N4O4S/c1-2-38-22-7-8-24-25(12-22)39-28(32-24)31-16-23-26(35)33-29(37)34(27(23)36)21-5-3-20(4-6-21)30-13-17-9-18(14-30)11-19(10-17)15-30/h3-8,12,16-19,36H,2,9-11,13-15H2,1H3,(H,33,35,37). The van der Waals surface area contributed by atoms with Crippen LogP contribution in [0.5, 0.6) is 11.6 Å². The summed E-state index contributed by atoms with van der Waals surface area (Å²) in [7, 11) is 0. The normalized spacial score (nSPS) is 25.6. The van der Waals surface area contributed by atoms with Gasteiger partial charge in [0.1, 0.15) is 11.3 Å². The van der Waals surface area contributed by atoms with Crippen molar-refractivity contribution in [3.8, 4) is 17.3 Å². The Morgan fingerprint density at radius 3 is 2.46 bits per heavy atom. The zero-order chi connectivity index (χ0) is 26.7. The van der Waals surface area contributed by atoms with Crippen molar-refractivity contribution >= 4 is 32.9 Å². The monoisotopic (exact) mass is 542 g/mol. The number of rotatable bonds is 6. The summed E-state index contributed by atoms with van der Waals surface area (Å²) in [5.74, 6) is 2.82. The first-order valence-corrected chi connectivity index (χ1v) is 14.5. The third-order valence-corrected chi connectivity index (χ3v) is 9.79. The summed E-state index contributed by atoms with van der Waals surface area (Å²) < 4.78 is 7.57. The molecule has 0 radical (unpaired) electrons. The van der Waals surface area contributed by atoms with Gasteiger partial charge in [-0.25, -0.2) is 19.3 Å². The summed E-state index contributed by atoms with van der Waals surface area (Å²) in [4.78, 5) is 36.5. The highest BCUT2D eigenvalue weighted by molar-refractivity contribution is 7.22. The second kappa shape index (κ2) is 9.19. The molecule has 0 aliphatic heterocycles. The van der Waals surface area contributed by atoms with E-state index in [0.29, 0.717) is 17.4 Å². The van der Waals surface area contributed by atoms with Gasteiger partial charge in [-0.15, -0.1) is 0 Å². The zero-order valence-corrected chi connectivity index (χ0v) is 22.5. The zero-order valence-electron chi connectivity index (χ0n) is 21.7. The number of nitrogens with zero attached hydrogens (tertiary/aromatic N) is 3. The predicted molar refractivity (Wildman–Crippen MR) is 152 cm³/mol. The van der Waals surface area contributed by atoms with Gasteiger partial charge in [-0.2, -0.15) is 0 Å². The van der Waals surface area contributed by atoms with Gasteiger partial charge < -0.3 is 9.84 Å². The summed E-state index contributed by atoms with van der Waals surface area (Å²) in [6, 6.07) is 13.5. The molecule has 8 nitrogen and oxygen atoms in total. The number of aliphatic imine (C=N–C) groups is 1. The minimum atomic E-state index is -0.706. The maximum Gasteiger partial charge on any atom is 0.335 e. The molecule has 2 aromatic carbocycles. The van der Waals surface area contributed by atoms with Crippen LogP contribution in [0, 0.1) is 17.8 Å². The molecule has 0 unspecified atom stereocenters. The number of H-pyrrole nitrogens is 1. The van der Waals surface area contributed by atoms with E-state index in [4.69, 9.17) is 4.74 Å². The van der Waals surface area contributed by atoms with Crippen molar-refractivity contribution in [1.29, 1.82) is 0 Å². The molecule has 0 amide bonds. The number of hydrogen-bond donors (Lipinski definition) is 2. The Hall–Kier alpha value is -3.72. The lowest BCUT2D eigenvalue weighted by Gasteiger charge is -2.57. The molecule has 4 saturated carbocycles. The van der Waals surface area contributed by atoms with Crippen LogP contribution in [0.4, 0.5) is 5.13 Å². The van der Waals surface area contributed by atoms with E-state index in [1.807, 2.05) is 37.3 Å². The Kier molecular flexibility index (Phi) is 5.73. The average Bonchev–Trinajstić information content (AvgIpc) is 3.30. The van der Waals surface area contributed by atoms with Crippen molar-refractivity contribution in [2.45, 2.75) is 50.9 Å². The SMILES string of the molecule is CCOc1ccc2nc(N=Cc3c(O)n(-c4ccc(C56CC7CC(CC(C7)C5)C6)cc4)c(=O)[nH]c3=O)sc2c1. The van der Waals surface area contributed by atoms with E-state index < -0.39 is 17.1 Å². The summed E-state index contributed by atoms with van der Waals surface area (Å²) >= 11 is 1.35. The number of thiazole rings is 1. The van der Waals surface area contributed by atoms with Crippen LogP contribution in [0.25, 0.3) is 15.9 Å². The van der Waals surface area contributed by atoms with Crippen LogP contribution >= 0.6 is 11.3 Å². The van der Waals surface area contributed by atoms with Gasteiger partial charge >= 0.3 is 5.69 Å². The summed E-state index contributed by atoms with van der Waals surface area (Å²) in [6.45, 7) is 2.49. The van der Waals surface area contributed by atoms with Crippen LogP contribution in [0.15, 0.2) is 57.0 Å². The molecule has 2 aromatic heterocycles. The molecule has 4 aliphatic carbocycles. The molecule has 2 heterocycles. The van der Waals surface area contributed by atoms with Crippen LogP contribution in [0.2, 0.25) is 0 Å². The average molecular weight is 543 g/mol. The van der Waals surface area contributed by atoms with Gasteiger partial charge in [0.25, 0.3) is 5.56 Å². The fraction of sp³-hybridized carbons (Fsp3) is 0.400. The fourth-order valence-corrected chi connectivity index (χ4v) is 8.49. The third kappa shape index (κ3) is 4.19. The molecule has 4 fully saturated rings. The van der Waals surface area contributed by atoms with Gasteiger partial charge in [-0.1, -0.05) is 23.5 Å². The Bertz CT molecular complexity index is 1680. The minimum Gasteiger partial charge on any atom is -0.494 e. The molecular formula is C30H30N4O4S. The molecule has 0 spiro atoms. The van der Waals surface area contributed by atoms with E-state index in [0.717, 1.165) is 38.3 Å². The predicted octanol–water partition coefficient (Wildman–Crippen LogP) is 5.46. The number of aromatic hydroxyl groups is 1. The second-order valence-corrected chi connectivity index (χ2v) is 12.4. The fourth-order valence-electron chi connectivity index (χ4n) is 7.65. The lowest BCUT2D eigenvalue weighted by Crippen LogP contribution is -2.48. The molecule has 4 aliphatic rings. The smallest absolute Gasteiger partial charge is 0.335 e. The molecule has 4 aromatic rings. The highest BCUT2D eigenvalue weighted by atomic mass is 32.1. The van der Waals surface area contributed by atoms with Gasteiger partial charge in [0.05, 0.1) is 22.5 Å². The van der Waals surface area contributed by atoms with E-state index in [-0.39, 0.29) is 11.0 Å². The number of nitrogens with one attached hydrogen (secondary N) is 1. The van der Waals surface area contributed by atoms with Crippen molar-refractivity contribution in [1.82, 2.24) is 14.5 Å². The number of aromatic amines is 1. The quantitative estimate of drug-likeness (QED) is 0.315. The number of ether oxygens (including phenoxy) is 1. The van der Waals surface area contributed by atoms with Crippen LogP contribution in [-0.2, 0) is 5.41 Å². The molecule has 39 heavy (non-hydrogen) atoms. The topological polar surface area (TPSA) is 110 Å². The van der Waals surface area contributed by atoms with E-state index in [1.54, 1.807) is 0 Å². The first-order chi connectivity index (χ1) is 18.9. The van der Waals surface area contributed by atoms with Crippen LogP contribution in [0.1, 0.15) is 56.6 Å². The third-order valence-electron chi connectivity index (χ3n) is 8.86. The van der Waals surface area contributed by atoms with Crippen LogP contribution in [-0.4, -0.2) is 32.5 Å². The number of fused-ring (bicyclic) bond motifs is 1. The van der Waals surface area contributed by atoms with Gasteiger partial charge in [0, 0.05) is 6.21 Å². The molecule has 0 saturated heterocycles. The van der Waals surface area contributed by atoms with Gasteiger partial charge in [-0.05, 0) is 105 Å². The Balaban J connectivity index is 1.20. The lowest BCUT2D eigenvalue weighted by molar-refractivity contribution is -0.00518. The summed E-state index contributed by atoms with van der Waals surface area (Å²) in [6.07, 6.45) is 9.16. The molecule has 200 valence electrons. The van der Waals surface area contributed by atoms with E-state index in [9.17, 15) is 14.7 Å². The van der Waals surface area contributed by atoms with Crippen molar-refractivity contribution < 1.29 is 9.84 Å². The summed E-state index contributed by atoms with van der Waals surface area (Å²) in [5.41, 5.74) is 1.33. The van der Waals surface area contributed by atoms with Gasteiger partial charge in [0.2, 0.25) is 11.0 Å². The van der Waals surface area contributed by atoms with E-state index in [1.165, 1.54) is 61.6 Å². The Labute approximate surface area is 229 Å². The molecular weight excluding hydrogens is 512 g/mol. The maximum absolute atomic E-state index is 12.8. The molecule has 4 bridgehead atoms. The van der Waals surface area contributed by atoms with Crippen LogP contribution in [0.3, 0.4) is 0 Å². The van der Waals surface area contributed by atoms with E-state index in [2.05, 4.69) is 27.1 Å². The summed E-state index contributed by atoms with van der Waals surface area (Å²) in [5, 5.41) is 11.5. The number of benzene rings is 2. The van der Waals surface area contributed by atoms with Crippen molar-refractivity contribution in [3.05, 3.63) is 74.4 Å². The molecule has 2 N–H and O–H groups in total. The number of hydrogen-bond acceptors (Lipinski definition) is 7. The van der Waals surface area contributed by atoms with Crippen molar-refractivity contribution in [3.63, 3.8) is 0 Å². The minimum absolute atomic E-state index is 0.103. The number of aromatic nitrogens is 3. The lowest BCUT2D eigenvalue weighted by atomic mass is 9.48. The molecule has 8 rings (SSSR count). The highest BCUT2D eigenvalue weighted by Gasteiger charge is 2.51. The van der Waals surface area contributed by atoms with Gasteiger partial charge in [-0.3, -0.25) is 9.78 Å². The van der Waals surface area contributed by atoms with E-state index >= 15 is 0 Å². The first-order valence-electron chi connectivity index (χ1n) is 13.7. The highest BCUT2D eigenvalue weighted by Crippen LogP contribution is 2.60. The molecule has 0 atom stereocenters. The van der Waals surface area contributed by atoms with Crippen molar-refractivity contribution in [2.24, 2.45) is 22.7 Å². The largest absolute Gasteiger partial charge is 0.494 e. The first kappa shape index (κ1) is 24.3.